The first kappa shape index (κ1) is 12.6. The molecule has 0 saturated carbocycles. The van der Waals surface area contributed by atoms with Gasteiger partial charge in [0.15, 0.2) is 0 Å². The van der Waals surface area contributed by atoms with E-state index in [0.717, 1.165) is 4.88 Å². The molecule has 0 spiro atoms. The first-order valence-electron chi connectivity index (χ1n) is 5.15. The van der Waals surface area contributed by atoms with Crippen molar-refractivity contribution in [2.24, 2.45) is 0 Å². The Balaban J connectivity index is 2.38. The van der Waals surface area contributed by atoms with Gasteiger partial charge in [0, 0.05) is 16.5 Å². The normalized spacial score (nSPS) is 12.5. The van der Waals surface area contributed by atoms with Crippen LogP contribution in [-0.4, -0.2) is 7.11 Å². The van der Waals surface area contributed by atoms with Crippen molar-refractivity contribution >= 4 is 27.3 Å². The molecule has 0 aliphatic heterocycles. The number of rotatable bonds is 3. The summed E-state index contributed by atoms with van der Waals surface area (Å²) in [4.78, 5) is 1.03. The van der Waals surface area contributed by atoms with E-state index >= 15 is 0 Å². The Hall–Kier alpha value is -0.870. The van der Waals surface area contributed by atoms with Crippen LogP contribution in [0, 0.1) is 12.7 Å². The second-order valence-corrected chi connectivity index (χ2v) is 5.58. The number of hydrogen-bond donors (Lipinski definition) is 0. The van der Waals surface area contributed by atoms with Gasteiger partial charge in [-0.3, -0.25) is 0 Å². The molecule has 1 atom stereocenters. The molecule has 1 aromatic heterocycles. The molecule has 1 aromatic carbocycles. The van der Waals surface area contributed by atoms with E-state index in [9.17, 15) is 4.39 Å². The van der Waals surface area contributed by atoms with Crippen molar-refractivity contribution in [1.29, 1.82) is 0 Å². The van der Waals surface area contributed by atoms with Crippen LogP contribution in [-0.2, 0) is 0 Å². The van der Waals surface area contributed by atoms with Gasteiger partial charge < -0.3 is 4.74 Å². The van der Waals surface area contributed by atoms with Crippen LogP contribution < -0.4 is 4.74 Å². The van der Waals surface area contributed by atoms with Gasteiger partial charge in [0.05, 0.1) is 11.9 Å². The van der Waals surface area contributed by atoms with E-state index in [2.05, 4.69) is 15.9 Å². The number of ether oxygens (including phenoxy) is 1. The molecule has 4 heteroatoms. The Morgan fingerprint density at radius 1 is 1.35 bits per heavy atom. The number of benzene rings is 1. The van der Waals surface area contributed by atoms with Crippen LogP contribution in [0.25, 0.3) is 0 Å². The quantitative estimate of drug-likeness (QED) is 0.747. The molecule has 0 fully saturated rings. The molecule has 1 nitrogen and oxygen atoms in total. The summed E-state index contributed by atoms with van der Waals surface area (Å²) in [6, 6.07) is 6.98. The standard InChI is InChI=1S/C13H12BrFOS/c1-8-5-6-17-13(8)12(14)10-4-3-9(16-2)7-11(10)15/h3-7,12H,1-2H3. The van der Waals surface area contributed by atoms with Crippen LogP contribution in [0.5, 0.6) is 5.75 Å². The largest absolute Gasteiger partial charge is 0.497 e. The summed E-state index contributed by atoms with van der Waals surface area (Å²) >= 11 is 5.18. The molecule has 0 saturated heterocycles. The molecular weight excluding hydrogens is 303 g/mol. The van der Waals surface area contributed by atoms with E-state index in [1.54, 1.807) is 23.5 Å². The fourth-order valence-corrected chi connectivity index (χ4v) is 3.60. The minimum Gasteiger partial charge on any atom is -0.497 e. The first-order valence-corrected chi connectivity index (χ1v) is 6.94. The molecule has 0 bridgehead atoms. The Bertz CT molecular complexity index is 524. The molecule has 2 rings (SSSR count). The predicted octanol–water partition coefficient (Wildman–Crippen LogP) is 4.69. The van der Waals surface area contributed by atoms with Gasteiger partial charge in [0.25, 0.3) is 0 Å². The van der Waals surface area contributed by atoms with Gasteiger partial charge in [0.2, 0.25) is 0 Å². The van der Waals surface area contributed by atoms with Gasteiger partial charge in [-0.1, -0.05) is 22.0 Å². The Morgan fingerprint density at radius 2 is 2.12 bits per heavy atom. The van der Waals surface area contributed by atoms with Gasteiger partial charge in [-0.25, -0.2) is 4.39 Å². The van der Waals surface area contributed by atoms with Crippen molar-refractivity contribution in [1.82, 2.24) is 0 Å². The highest BCUT2D eigenvalue weighted by molar-refractivity contribution is 9.09. The average Bonchev–Trinajstić information content (AvgIpc) is 2.74. The van der Waals surface area contributed by atoms with Gasteiger partial charge in [-0.2, -0.15) is 0 Å². The predicted molar refractivity (Wildman–Crippen MR) is 72.8 cm³/mol. The third kappa shape index (κ3) is 2.53. The van der Waals surface area contributed by atoms with Crippen molar-refractivity contribution in [3.8, 4) is 5.75 Å². The first-order chi connectivity index (χ1) is 8.13. The second kappa shape index (κ2) is 5.19. The molecule has 1 heterocycles. The van der Waals surface area contributed by atoms with Crippen LogP contribution in [0.2, 0.25) is 0 Å². The maximum Gasteiger partial charge on any atom is 0.131 e. The van der Waals surface area contributed by atoms with Crippen LogP contribution in [0.15, 0.2) is 29.6 Å². The maximum absolute atomic E-state index is 13.9. The zero-order valence-electron chi connectivity index (χ0n) is 9.54. The number of halogens is 2. The van der Waals surface area contributed by atoms with Crippen molar-refractivity contribution in [3.05, 3.63) is 51.5 Å². The maximum atomic E-state index is 13.9. The highest BCUT2D eigenvalue weighted by Crippen LogP contribution is 2.38. The zero-order chi connectivity index (χ0) is 12.4. The average molecular weight is 315 g/mol. The van der Waals surface area contributed by atoms with Crippen molar-refractivity contribution < 1.29 is 9.13 Å². The SMILES string of the molecule is COc1ccc(C(Br)c2sccc2C)c(F)c1. The van der Waals surface area contributed by atoms with E-state index in [0.29, 0.717) is 11.3 Å². The summed E-state index contributed by atoms with van der Waals surface area (Å²) in [6.07, 6.45) is 0. The van der Waals surface area contributed by atoms with E-state index in [1.807, 2.05) is 18.4 Å². The minimum atomic E-state index is -0.251. The van der Waals surface area contributed by atoms with Gasteiger partial charge in [-0.15, -0.1) is 11.3 Å². The summed E-state index contributed by atoms with van der Waals surface area (Å²) in [7, 11) is 1.53. The summed E-state index contributed by atoms with van der Waals surface area (Å²) in [5.74, 6) is 0.285. The summed E-state index contributed by atoms with van der Waals surface area (Å²) in [6.45, 7) is 2.03. The van der Waals surface area contributed by atoms with Gasteiger partial charge in [0.1, 0.15) is 11.6 Å². The topological polar surface area (TPSA) is 9.23 Å². The van der Waals surface area contributed by atoms with E-state index in [1.165, 1.54) is 18.7 Å². The Morgan fingerprint density at radius 3 is 2.65 bits per heavy atom. The third-order valence-electron chi connectivity index (χ3n) is 2.61. The second-order valence-electron chi connectivity index (χ2n) is 3.72. The summed E-state index contributed by atoms with van der Waals surface area (Å²) < 4.78 is 18.9. The molecule has 2 aromatic rings. The van der Waals surface area contributed by atoms with E-state index in [-0.39, 0.29) is 10.6 Å². The molecule has 0 N–H and O–H groups in total. The highest BCUT2D eigenvalue weighted by Gasteiger charge is 2.18. The number of aryl methyl sites for hydroxylation is 1. The summed E-state index contributed by atoms with van der Waals surface area (Å²) in [5.41, 5.74) is 1.81. The van der Waals surface area contributed by atoms with Crippen LogP contribution >= 0.6 is 27.3 Å². The monoisotopic (exact) mass is 314 g/mol. The molecule has 90 valence electrons. The van der Waals surface area contributed by atoms with Crippen LogP contribution in [0.1, 0.15) is 20.8 Å². The number of hydrogen-bond acceptors (Lipinski definition) is 2. The molecule has 0 aliphatic rings. The van der Waals surface area contributed by atoms with Crippen LogP contribution in [0.4, 0.5) is 4.39 Å². The smallest absolute Gasteiger partial charge is 0.131 e. The van der Waals surface area contributed by atoms with E-state index < -0.39 is 0 Å². The highest BCUT2D eigenvalue weighted by atomic mass is 79.9. The number of thiophene rings is 1. The number of methoxy groups -OCH3 is 1. The van der Waals surface area contributed by atoms with Crippen molar-refractivity contribution in [2.45, 2.75) is 11.8 Å². The fraction of sp³-hybridized carbons (Fsp3) is 0.231. The van der Waals surface area contributed by atoms with Crippen molar-refractivity contribution in [2.75, 3.05) is 7.11 Å². The summed E-state index contributed by atoms with van der Waals surface area (Å²) in [5, 5.41) is 2.01. The molecular formula is C13H12BrFOS. The third-order valence-corrected chi connectivity index (χ3v) is 4.95. The lowest BCUT2D eigenvalue weighted by Crippen LogP contribution is -1.96. The number of alkyl halides is 1. The molecule has 1 unspecified atom stereocenters. The minimum absolute atomic E-state index is 0.103. The van der Waals surface area contributed by atoms with Gasteiger partial charge in [-0.05, 0) is 30.0 Å². The molecule has 0 amide bonds. The zero-order valence-corrected chi connectivity index (χ0v) is 11.9. The van der Waals surface area contributed by atoms with Crippen molar-refractivity contribution in [3.63, 3.8) is 0 Å². The lowest BCUT2D eigenvalue weighted by Gasteiger charge is -2.11. The Kier molecular flexibility index (Phi) is 3.84. The molecule has 17 heavy (non-hydrogen) atoms. The molecule has 0 aliphatic carbocycles. The van der Waals surface area contributed by atoms with Gasteiger partial charge >= 0.3 is 0 Å². The fourth-order valence-electron chi connectivity index (χ4n) is 1.63. The lowest BCUT2D eigenvalue weighted by molar-refractivity contribution is 0.411. The lowest BCUT2D eigenvalue weighted by atomic mass is 10.1. The Labute approximate surface area is 112 Å². The van der Waals surface area contributed by atoms with E-state index in [4.69, 9.17) is 4.74 Å². The molecule has 0 radical (unpaired) electrons. The van der Waals surface area contributed by atoms with Crippen LogP contribution in [0.3, 0.4) is 0 Å².